The van der Waals surface area contributed by atoms with Crippen molar-refractivity contribution in [2.75, 3.05) is 6.54 Å². The van der Waals surface area contributed by atoms with Gasteiger partial charge in [0.05, 0.1) is 0 Å². The fourth-order valence-electron chi connectivity index (χ4n) is 4.26. The number of piperidine rings is 1. The molecule has 3 rings (SSSR count). The summed E-state index contributed by atoms with van der Waals surface area (Å²) in [6.45, 7) is 10.0. The zero-order chi connectivity index (χ0) is 20.3. The molecule has 28 heavy (non-hydrogen) atoms. The Hall–Kier alpha value is -2.40. The van der Waals surface area contributed by atoms with Gasteiger partial charge in [-0.05, 0) is 63.8 Å². The molecule has 5 nitrogen and oxygen atoms in total. The van der Waals surface area contributed by atoms with E-state index >= 15 is 0 Å². The Kier molecular flexibility index (Phi) is 6.35. The van der Waals surface area contributed by atoms with Crippen LogP contribution in [0.4, 0.5) is 0 Å². The molecule has 1 aliphatic heterocycles. The number of rotatable bonds is 6. The van der Waals surface area contributed by atoms with E-state index in [2.05, 4.69) is 40.3 Å². The number of benzene rings is 1. The number of carbonyl (C=O) groups is 2. The van der Waals surface area contributed by atoms with Crippen molar-refractivity contribution in [3.05, 3.63) is 57.9 Å². The summed E-state index contributed by atoms with van der Waals surface area (Å²) in [7, 11) is 0. The van der Waals surface area contributed by atoms with Gasteiger partial charge in [-0.2, -0.15) is 0 Å². The van der Waals surface area contributed by atoms with Crippen LogP contribution in [0.2, 0.25) is 0 Å². The van der Waals surface area contributed by atoms with Crippen LogP contribution in [0.25, 0.3) is 0 Å². The zero-order valence-electron chi connectivity index (χ0n) is 17.4. The molecule has 1 atom stereocenters. The molecule has 1 aliphatic rings. The van der Waals surface area contributed by atoms with Crippen molar-refractivity contribution in [1.82, 2.24) is 15.2 Å². The van der Waals surface area contributed by atoms with Gasteiger partial charge in [-0.1, -0.05) is 30.7 Å². The van der Waals surface area contributed by atoms with E-state index in [1.54, 1.807) is 0 Å². The lowest BCUT2D eigenvalue weighted by Crippen LogP contribution is -2.37. The molecule has 0 radical (unpaired) electrons. The highest BCUT2D eigenvalue weighted by Gasteiger charge is 2.21. The fourth-order valence-corrected chi connectivity index (χ4v) is 4.26. The molecule has 2 heterocycles. The number of aromatic amines is 1. The summed E-state index contributed by atoms with van der Waals surface area (Å²) in [5, 5.41) is 3.02. The van der Waals surface area contributed by atoms with Gasteiger partial charge in [-0.15, -0.1) is 0 Å². The number of hydrogen-bond donors (Lipinski definition) is 2. The number of ketones is 1. The van der Waals surface area contributed by atoms with Gasteiger partial charge in [0, 0.05) is 30.4 Å². The summed E-state index contributed by atoms with van der Waals surface area (Å²) in [4.78, 5) is 30.1. The lowest BCUT2D eigenvalue weighted by molar-refractivity contribution is 0.0945. The van der Waals surface area contributed by atoms with E-state index in [0.717, 1.165) is 29.9 Å². The van der Waals surface area contributed by atoms with Crippen LogP contribution < -0.4 is 5.32 Å². The lowest BCUT2D eigenvalue weighted by atomic mass is 10.0. The maximum absolute atomic E-state index is 12.7. The first-order chi connectivity index (χ1) is 13.4. The molecule has 0 aliphatic carbocycles. The molecule has 0 unspecified atom stereocenters. The molecular formula is C23H31N3O2. The van der Waals surface area contributed by atoms with E-state index < -0.39 is 0 Å². The van der Waals surface area contributed by atoms with E-state index in [-0.39, 0.29) is 11.7 Å². The molecule has 1 aromatic carbocycles. The number of Topliss-reactive ketones (excluding diaryl/α,β-unsaturated/α-hetero) is 1. The third-order valence-corrected chi connectivity index (χ3v) is 5.89. The minimum Gasteiger partial charge on any atom is -0.354 e. The van der Waals surface area contributed by atoms with Crippen LogP contribution in [0.3, 0.4) is 0 Å². The molecule has 2 aromatic rings. The Morgan fingerprint density at radius 3 is 2.54 bits per heavy atom. The van der Waals surface area contributed by atoms with E-state index in [4.69, 9.17) is 0 Å². The number of aromatic nitrogens is 1. The molecule has 2 N–H and O–H groups in total. The van der Waals surface area contributed by atoms with Crippen LogP contribution in [-0.4, -0.2) is 34.2 Å². The molecule has 1 saturated heterocycles. The van der Waals surface area contributed by atoms with Crippen molar-refractivity contribution >= 4 is 11.7 Å². The van der Waals surface area contributed by atoms with E-state index in [9.17, 15) is 9.59 Å². The molecular weight excluding hydrogens is 350 g/mol. The van der Waals surface area contributed by atoms with Gasteiger partial charge >= 0.3 is 0 Å². The number of hydrogen-bond acceptors (Lipinski definition) is 3. The summed E-state index contributed by atoms with van der Waals surface area (Å²) < 4.78 is 0. The molecule has 150 valence electrons. The molecule has 1 aromatic heterocycles. The average Bonchev–Trinajstić information content (AvgIpc) is 2.97. The standard InChI is InChI=1S/C23H31N3O2/c1-15-9-7-8-12-26(15)14-20-11-6-5-10-19(20)13-24-23(28)22-16(2)21(18(4)27)17(3)25-22/h5-6,10-11,15,25H,7-9,12-14H2,1-4H3,(H,24,28)/t15-/m1/s1. The van der Waals surface area contributed by atoms with Gasteiger partial charge in [-0.3, -0.25) is 14.5 Å². The lowest BCUT2D eigenvalue weighted by Gasteiger charge is -2.33. The second-order valence-electron chi connectivity index (χ2n) is 7.95. The van der Waals surface area contributed by atoms with Gasteiger partial charge in [-0.25, -0.2) is 0 Å². The number of nitrogens with zero attached hydrogens (tertiary/aromatic N) is 1. The Bertz CT molecular complexity index is 869. The Morgan fingerprint density at radius 2 is 1.89 bits per heavy atom. The first kappa shape index (κ1) is 20.3. The van der Waals surface area contributed by atoms with Crippen molar-refractivity contribution in [3.8, 4) is 0 Å². The summed E-state index contributed by atoms with van der Waals surface area (Å²) in [6.07, 6.45) is 3.82. The van der Waals surface area contributed by atoms with Crippen LogP contribution >= 0.6 is 0 Å². The second-order valence-corrected chi connectivity index (χ2v) is 7.95. The summed E-state index contributed by atoms with van der Waals surface area (Å²) in [5.41, 5.74) is 4.96. The van der Waals surface area contributed by atoms with Gasteiger partial charge in [0.25, 0.3) is 5.91 Å². The van der Waals surface area contributed by atoms with Gasteiger partial charge in [0.15, 0.2) is 5.78 Å². The smallest absolute Gasteiger partial charge is 0.268 e. The van der Waals surface area contributed by atoms with Gasteiger partial charge in [0.2, 0.25) is 0 Å². The molecule has 1 amide bonds. The Morgan fingerprint density at radius 1 is 1.18 bits per heavy atom. The maximum Gasteiger partial charge on any atom is 0.268 e. The Balaban J connectivity index is 1.70. The van der Waals surface area contributed by atoms with E-state index in [1.165, 1.54) is 31.7 Å². The molecule has 5 heteroatoms. The second kappa shape index (κ2) is 8.74. The zero-order valence-corrected chi connectivity index (χ0v) is 17.4. The van der Waals surface area contributed by atoms with Crippen LogP contribution in [-0.2, 0) is 13.1 Å². The summed E-state index contributed by atoms with van der Waals surface area (Å²) in [5.74, 6) is -0.194. The van der Waals surface area contributed by atoms with Crippen molar-refractivity contribution in [3.63, 3.8) is 0 Å². The molecule has 0 saturated carbocycles. The topological polar surface area (TPSA) is 65.2 Å². The highest BCUT2D eigenvalue weighted by Crippen LogP contribution is 2.21. The van der Waals surface area contributed by atoms with Crippen molar-refractivity contribution < 1.29 is 9.59 Å². The van der Waals surface area contributed by atoms with Crippen LogP contribution in [0.1, 0.15) is 76.3 Å². The molecule has 0 spiro atoms. The first-order valence-corrected chi connectivity index (χ1v) is 10.2. The third-order valence-electron chi connectivity index (χ3n) is 5.89. The van der Waals surface area contributed by atoms with Crippen LogP contribution in [0.5, 0.6) is 0 Å². The fraction of sp³-hybridized carbons (Fsp3) is 0.478. The molecule has 1 fully saturated rings. The molecule has 0 bridgehead atoms. The monoisotopic (exact) mass is 381 g/mol. The van der Waals surface area contributed by atoms with Crippen LogP contribution in [0.15, 0.2) is 24.3 Å². The number of likely N-dealkylation sites (tertiary alicyclic amines) is 1. The van der Waals surface area contributed by atoms with Crippen molar-refractivity contribution in [2.45, 2.75) is 66.1 Å². The predicted octanol–water partition coefficient (Wildman–Crippen LogP) is 4.14. The summed E-state index contributed by atoms with van der Waals surface area (Å²) in [6, 6.07) is 8.92. The first-order valence-electron chi connectivity index (χ1n) is 10.2. The minimum absolute atomic E-state index is 0.0219. The number of aryl methyl sites for hydroxylation is 1. The van der Waals surface area contributed by atoms with Crippen molar-refractivity contribution in [2.24, 2.45) is 0 Å². The minimum atomic E-state index is -0.172. The van der Waals surface area contributed by atoms with Gasteiger partial charge < -0.3 is 10.3 Å². The normalized spacial score (nSPS) is 17.5. The highest BCUT2D eigenvalue weighted by atomic mass is 16.2. The Labute approximate surface area is 167 Å². The van der Waals surface area contributed by atoms with Crippen LogP contribution in [0, 0.1) is 13.8 Å². The third kappa shape index (κ3) is 4.36. The largest absolute Gasteiger partial charge is 0.354 e. The number of amides is 1. The summed E-state index contributed by atoms with van der Waals surface area (Å²) >= 11 is 0. The van der Waals surface area contributed by atoms with E-state index in [0.29, 0.717) is 23.8 Å². The van der Waals surface area contributed by atoms with Crippen molar-refractivity contribution in [1.29, 1.82) is 0 Å². The SMILES string of the molecule is CC(=O)c1c(C)[nH]c(C(=O)NCc2ccccc2CN2CCCC[C@H]2C)c1C. The predicted molar refractivity (Wildman–Crippen MR) is 112 cm³/mol. The van der Waals surface area contributed by atoms with E-state index in [1.807, 2.05) is 19.9 Å². The number of carbonyl (C=O) groups excluding carboxylic acids is 2. The quantitative estimate of drug-likeness (QED) is 0.739. The average molecular weight is 382 g/mol. The highest BCUT2D eigenvalue weighted by molar-refractivity contribution is 6.02. The number of nitrogens with one attached hydrogen (secondary N) is 2. The number of H-pyrrole nitrogens is 1. The van der Waals surface area contributed by atoms with Gasteiger partial charge in [0.1, 0.15) is 5.69 Å². The maximum atomic E-state index is 12.7.